The molecule has 33 heavy (non-hydrogen) atoms. The zero-order valence-corrected chi connectivity index (χ0v) is 18.6. The van der Waals surface area contributed by atoms with Crippen LogP contribution in [0.3, 0.4) is 0 Å². The predicted octanol–water partition coefficient (Wildman–Crippen LogP) is 4.22. The minimum Gasteiger partial charge on any atom is -0.350 e. The minimum atomic E-state index is -5.01. The van der Waals surface area contributed by atoms with Gasteiger partial charge >= 0.3 is 12.4 Å². The van der Waals surface area contributed by atoms with Gasteiger partial charge in [-0.25, -0.2) is 0 Å². The van der Waals surface area contributed by atoms with Crippen molar-refractivity contribution in [1.29, 1.82) is 0 Å². The Morgan fingerprint density at radius 1 is 0.970 bits per heavy atom. The highest BCUT2D eigenvalue weighted by atomic mass is 19.4. The van der Waals surface area contributed by atoms with E-state index in [0.717, 1.165) is 0 Å². The van der Waals surface area contributed by atoms with E-state index in [4.69, 9.17) is 0 Å². The van der Waals surface area contributed by atoms with Crippen molar-refractivity contribution in [2.24, 2.45) is 5.41 Å². The van der Waals surface area contributed by atoms with Crippen LogP contribution in [0.1, 0.15) is 61.5 Å². The summed E-state index contributed by atoms with van der Waals surface area (Å²) in [5.74, 6) is -1.05. The molecule has 2 aliphatic rings. The maximum absolute atomic E-state index is 13.0. The molecule has 1 saturated carbocycles. The lowest BCUT2D eigenvalue weighted by atomic mass is 9.92. The SMILES string of the molecule is CC(C)(C)NC(=O)CN1CCC2(CC1)C[C@@H]2NC(=O)c1cc(C(F)(F)F)cc(C(F)(F)F)c1. The number of amides is 2. The lowest BCUT2D eigenvalue weighted by molar-refractivity contribution is -0.143. The Bertz CT molecular complexity index is 880. The number of hydrogen-bond acceptors (Lipinski definition) is 3. The van der Waals surface area contributed by atoms with Crippen LogP contribution >= 0.6 is 0 Å². The van der Waals surface area contributed by atoms with Gasteiger partial charge in [0, 0.05) is 17.1 Å². The Hall–Kier alpha value is -2.30. The van der Waals surface area contributed by atoms with Gasteiger partial charge in [0.1, 0.15) is 0 Å². The molecule has 184 valence electrons. The number of halogens is 6. The molecule has 0 unspecified atom stereocenters. The first kappa shape index (κ1) is 25.3. The standard InChI is InChI=1S/C22H27F6N3O2/c1-19(2,3)30-17(32)12-31-6-4-20(5-7-31)11-16(20)29-18(33)13-8-14(21(23,24)25)10-15(9-13)22(26,27)28/h8-10,16H,4-7,11-12H2,1-3H3,(H,29,33)(H,30,32)/t16-/m0/s1. The Labute approximate surface area is 187 Å². The number of rotatable bonds is 4. The fourth-order valence-corrected chi connectivity index (χ4v) is 4.25. The molecule has 1 aliphatic heterocycles. The van der Waals surface area contributed by atoms with Gasteiger partial charge in [-0.1, -0.05) is 0 Å². The molecule has 1 aliphatic carbocycles. The van der Waals surface area contributed by atoms with Crippen molar-refractivity contribution >= 4 is 11.8 Å². The number of benzene rings is 1. The largest absolute Gasteiger partial charge is 0.416 e. The monoisotopic (exact) mass is 479 g/mol. The van der Waals surface area contributed by atoms with E-state index in [-0.39, 0.29) is 35.5 Å². The van der Waals surface area contributed by atoms with Crippen molar-refractivity contribution in [3.8, 4) is 0 Å². The summed E-state index contributed by atoms with van der Waals surface area (Å²) in [5.41, 5.74) is -4.28. The number of hydrogen-bond donors (Lipinski definition) is 2. The molecule has 3 rings (SSSR count). The number of likely N-dealkylation sites (tertiary alicyclic amines) is 1. The molecule has 1 aromatic carbocycles. The van der Waals surface area contributed by atoms with E-state index >= 15 is 0 Å². The Morgan fingerprint density at radius 3 is 1.94 bits per heavy atom. The first-order valence-corrected chi connectivity index (χ1v) is 10.6. The molecular formula is C22H27F6N3O2. The fraction of sp³-hybridized carbons (Fsp3) is 0.636. The third kappa shape index (κ3) is 6.39. The lowest BCUT2D eigenvalue weighted by Crippen LogP contribution is -2.48. The van der Waals surface area contributed by atoms with Crippen molar-refractivity contribution in [1.82, 2.24) is 15.5 Å². The Kier molecular flexibility index (Phi) is 6.51. The van der Waals surface area contributed by atoms with Gasteiger partial charge in [0.05, 0.1) is 17.7 Å². The molecule has 2 N–H and O–H groups in total. The van der Waals surface area contributed by atoms with Crippen LogP contribution in [0.15, 0.2) is 18.2 Å². The molecule has 2 fully saturated rings. The quantitative estimate of drug-likeness (QED) is 0.636. The number of nitrogens with one attached hydrogen (secondary N) is 2. The molecule has 0 radical (unpaired) electrons. The van der Waals surface area contributed by atoms with Crippen molar-refractivity contribution < 1.29 is 35.9 Å². The van der Waals surface area contributed by atoms with Crippen LogP contribution in [-0.4, -0.2) is 47.9 Å². The first-order chi connectivity index (χ1) is 15.0. The van der Waals surface area contributed by atoms with Crippen LogP contribution < -0.4 is 10.6 Å². The second-order valence-electron chi connectivity index (χ2n) is 9.96. The summed E-state index contributed by atoms with van der Waals surface area (Å²) in [4.78, 5) is 26.6. The summed E-state index contributed by atoms with van der Waals surface area (Å²) >= 11 is 0. The van der Waals surface area contributed by atoms with Crippen LogP contribution in [-0.2, 0) is 17.1 Å². The van der Waals surface area contributed by atoms with E-state index in [1.54, 1.807) is 0 Å². The second kappa shape index (κ2) is 8.48. The van der Waals surface area contributed by atoms with E-state index < -0.39 is 35.0 Å². The highest BCUT2D eigenvalue weighted by Gasteiger charge is 2.55. The van der Waals surface area contributed by atoms with E-state index in [1.165, 1.54) is 0 Å². The van der Waals surface area contributed by atoms with Crippen LogP contribution in [0.25, 0.3) is 0 Å². The van der Waals surface area contributed by atoms with Crippen molar-refractivity contribution in [2.75, 3.05) is 19.6 Å². The molecule has 1 aromatic rings. The second-order valence-corrected chi connectivity index (χ2v) is 9.96. The molecule has 2 amide bonds. The zero-order chi connectivity index (χ0) is 24.8. The Morgan fingerprint density at radius 2 is 1.48 bits per heavy atom. The van der Waals surface area contributed by atoms with Gasteiger partial charge in [0.2, 0.25) is 5.91 Å². The van der Waals surface area contributed by atoms with Gasteiger partial charge < -0.3 is 10.6 Å². The lowest BCUT2D eigenvalue weighted by Gasteiger charge is -2.33. The van der Waals surface area contributed by atoms with Crippen LogP contribution in [0.2, 0.25) is 0 Å². The molecule has 1 saturated heterocycles. The summed E-state index contributed by atoms with van der Waals surface area (Å²) < 4.78 is 78.3. The first-order valence-electron chi connectivity index (χ1n) is 10.6. The smallest absolute Gasteiger partial charge is 0.350 e. The highest BCUT2D eigenvalue weighted by molar-refractivity contribution is 5.95. The van der Waals surface area contributed by atoms with Crippen LogP contribution in [0.5, 0.6) is 0 Å². The van der Waals surface area contributed by atoms with Gasteiger partial charge in [0.25, 0.3) is 5.91 Å². The fourth-order valence-electron chi connectivity index (χ4n) is 4.25. The molecule has 11 heteroatoms. The van der Waals surface area contributed by atoms with E-state index in [0.29, 0.717) is 44.5 Å². The van der Waals surface area contributed by atoms with Gasteiger partial charge in [-0.15, -0.1) is 0 Å². The third-order valence-corrected chi connectivity index (χ3v) is 6.08. The van der Waals surface area contributed by atoms with E-state index in [2.05, 4.69) is 10.6 Å². The maximum atomic E-state index is 13.0. The number of alkyl halides is 6. The minimum absolute atomic E-state index is 0.000921. The molecule has 1 spiro atoms. The maximum Gasteiger partial charge on any atom is 0.416 e. The van der Waals surface area contributed by atoms with Gasteiger partial charge in [-0.05, 0) is 76.7 Å². The number of piperidine rings is 1. The summed E-state index contributed by atoms with van der Waals surface area (Å²) in [7, 11) is 0. The summed E-state index contributed by atoms with van der Waals surface area (Å²) in [6.07, 6.45) is -8.06. The number of carbonyl (C=O) groups is 2. The number of nitrogens with zero attached hydrogens (tertiary/aromatic N) is 1. The topological polar surface area (TPSA) is 61.4 Å². The predicted molar refractivity (Wildman–Crippen MR) is 108 cm³/mol. The zero-order valence-electron chi connectivity index (χ0n) is 18.6. The summed E-state index contributed by atoms with van der Waals surface area (Å²) in [6, 6.07) is 0.562. The normalized spacial score (nSPS) is 21.1. The van der Waals surface area contributed by atoms with Gasteiger partial charge in [-0.2, -0.15) is 26.3 Å². The third-order valence-electron chi connectivity index (χ3n) is 6.08. The van der Waals surface area contributed by atoms with Crippen molar-refractivity contribution in [3.63, 3.8) is 0 Å². The molecule has 1 heterocycles. The Balaban J connectivity index is 1.61. The van der Waals surface area contributed by atoms with Crippen molar-refractivity contribution in [2.45, 2.75) is 64.0 Å². The van der Waals surface area contributed by atoms with Crippen molar-refractivity contribution in [3.05, 3.63) is 34.9 Å². The number of carbonyl (C=O) groups excluding carboxylic acids is 2. The van der Waals surface area contributed by atoms with E-state index in [9.17, 15) is 35.9 Å². The molecule has 5 nitrogen and oxygen atoms in total. The van der Waals surface area contributed by atoms with E-state index in [1.807, 2.05) is 25.7 Å². The van der Waals surface area contributed by atoms with Gasteiger partial charge in [-0.3, -0.25) is 14.5 Å². The summed E-state index contributed by atoms with van der Waals surface area (Å²) in [6.45, 7) is 7.13. The molecule has 1 atom stereocenters. The van der Waals surface area contributed by atoms with Crippen LogP contribution in [0.4, 0.5) is 26.3 Å². The van der Waals surface area contributed by atoms with Crippen LogP contribution in [0, 0.1) is 5.41 Å². The molecule has 0 aromatic heterocycles. The highest BCUT2D eigenvalue weighted by Crippen LogP contribution is 2.54. The van der Waals surface area contributed by atoms with Gasteiger partial charge in [0.15, 0.2) is 0 Å². The average Bonchev–Trinajstić information content (AvgIpc) is 3.31. The summed E-state index contributed by atoms with van der Waals surface area (Å²) in [5, 5.41) is 5.49. The average molecular weight is 479 g/mol. The molecule has 0 bridgehead atoms. The molecular weight excluding hydrogens is 452 g/mol.